The van der Waals surface area contributed by atoms with Crippen LogP contribution in [0.15, 0.2) is 34.1 Å². The number of thioether (sulfide) groups is 2. The highest BCUT2D eigenvalue weighted by molar-refractivity contribution is 8.03. The Balaban J connectivity index is 2.26. The Kier molecular flexibility index (Phi) is 2.98. The van der Waals surface area contributed by atoms with Gasteiger partial charge in [-0.05, 0) is 19.1 Å². The molecule has 0 radical (unpaired) electrons. The van der Waals surface area contributed by atoms with Crippen LogP contribution in [0.1, 0.15) is 6.92 Å². The summed E-state index contributed by atoms with van der Waals surface area (Å²) in [5, 5.41) is 9.17. The van der Waals surface area contributed by atoms with E-state index in [1.165, 1.54) is 9.79 Å². The number of rotatable bonds is 1. The van der Waals surface area contributed by atoms with E-state index in [-0.39, 0.29) is 0 Å². The Morgan fingerprint density at radius 2 is 1.73 bits per heavy atom. The lowest BCUT2D eigenvalue weighted by Gasteiger charge is -2.20. The first-order valence-electron chi connectivity index (χ1n) is 4.70. The molecule has 0 aromatic heterocycles. The maximum atomic E-state index is 11.2. The van der Waals surface area contributed by atoms with Gasteiger partial charge in [0.2, 0.25) is 0 Å². The minimum absolute atomic E-state index is 0.617. The molecule has 80 valence electrons. The number of benzene rings is 1. The highest BCUT2D eigenvalue weighted by Crippen LogP contribution is 2.42. The maximum Gasteiger partial charge on any atom is 0.311 e. The quantitative estimate of drug-likeness (QED) is 0.819. The van der Waals surface area contributed by atoms with Crippen LogP contribution in [-0.4, -0.2) is 22.6 Å². The van der Waals surface area contributed by atoms with Crippen molar-refractivity contribution >= 4 is 29.5 Å². The molecule has 0 amide bonds. The van der Waals surface area contributed by atoms with Gasteiger partial charge in [-0.2, -0.15) is 0 Å². The molecule has 0 atom stereocenters. The van der Waals surface area contributed by atoms with Crippen LogP contribution in [0.25, 0.3) is 0 Å². The van der Waals surface area contributed by atoms with Gasteiger partial charge in [-0.1, -0.05) is 12.1 Å². The molecule has 1 aliphatic rings. The van der Waals surface area contributed by atoms with E-state index in [4.69, 9.17) is 0 Å². The van der Waals surface area contributed by atoms with E-state index in [1.807, 2.05) is 19.1 Å². The molecule has 0 spiro atoms. The largest absolute Gasteiger partial charge is 0.481 e. The molecule has 2 rings (SSSR count). The maximum absolute atomic E-state index is 11.2. The summed E-state index contributed by atoms with van der Waals surface area (Å²) >= 11 is 3.29. The molecule has 0 bridgehead atoms. The fourth-order valence-electron chi connectivity index (χ4n) is 1.33. The minimum atomic E-state index is -0.699. The van der Waals surface area contributed by atoms with E-state index >= 15 is 0 Å². The fourth-order valence-corrected chi connectivity index (χ4v) is 3.98. The molecule has 0 saturated carbocycles. The summed E-state index contributed by atoms with van der Waals surface area (Å²) in [5.74, 6) is 0.592. The Morgan fingerprint density at radius 1 is 1.27 bits per heavy atom. The molecule has 15 heavy (non-hydrogen) atoms. The van der Waals surface area contributed by atoms with Gasteiger partial charge in [0.1, 0.15) is 0 Å². The van der Waals surface area contributed by atoms with Gasteiger partial charge in [0, 0.05) is 21.3 Å². The first-order chi connectivity index (χ1) is 7.12. The first-order valence-corrected chi connectivity index (χ1v) is 6.67. The Morgan fingerprint density at radius 3 is 2.13 bits per heavy atom. The zero-order valence-corrected chi connectivity index (χ0v) is 10.0. The number of fused-ring (bicyclic) bond motifs is 1. The first kappa shape index (κ1) is 10.9. The van der Waals surface area contributed by atoms with E-state index < -0.39 is 11.4 Å². The van der Waals surface area contributed by atoms with Gasteiger partial charge in [-0.3, -0.25) is 4.79 Å². The molecular formula is C11H12O2S2. The van der Waals surface area contributed by atoms with Gasteiger partial charge < -0.3 is 5.11 Å². The van der Waals surface area contributed by atoms with E-state index in [0.29, 0.717) is 11.5 Å². The predicted molar refractivity (Wildman–Crippen MR) is 63.6 cm³/mol. The summed E-state index contributed by atoms with van der Waals surface area (Å²) in [4.78, 5) is 13.6. The monoisotopic (exact) mass is 240 g/mol. The molecule has 1 N–H and O–H groups in total. The third kappa shape index (κ3) is 2.16. The van der Waals surface area contributed by atoms with Crippen molar-refractivity contribution in [2.75, 3.05) is 11.5 Å². The zero-order chi connectivity index (χ0) is 10.9. The van der Waals surface area contributed by atoms with Crippen LogP contribution in [0, 0.1) is 5.41 Å². The number of carboxylic acid groups (broad SMARTS) is 1. The number of hydrogen-bond acceptors (Lipinski definition) is 3. The van der Waals surface area contributed by atoms with E-state index in [0.717, 1.165) is 0 Å². The summed E-state index contributed by atoms with van der Waals surface area (Å²) < 4.78 is 0. The second-order valence-electron chi connectivity index (χ2n) is 3.89. The minimum Gasteiger partial charge on any atom is -0.481 e. The van der Waals surface area contributed by atoms with Crippen molar-refractivity contribution in [3.63, 3.8) is 0 Å². The fraction of sp³-hybridized carbons (Fsp3) is 0.364. The van der Waals surface area contributed by atoms with Crippen molar-refractivity contribution in [3.05, 3.63) is 24.3 Å². The van der Waals surface area contributed by atoms with Crippen molar-refractivity contribution in [3.8, 4) is 0 Å². The van der Waals surface area contributed by atoms with Gasteiger partial charge in [0.25, 0.3) is 0 Å². The Bertz CT molecular complexity index is 363. The molecule has 4 heteroatoms. The van der Waals surface area contributed by atoms with Gasteiger partial charge in [-0.25, -0.2) is 0 Å². The Labute approximate surface area is 97.5 Å². The number of hydrogen-bond donors (Lipinski definition) is 1. The average molecular weight is 240 g/mol. The van der Waals surface area contributed by atoms with Crippen LogP contribution in [0.4, 0.5) is 0 Å². The van der Waals surface area contributed by atoms with Crippen molar-refractivity contribution < 1.29 is 9.90 Å². The van der Waals surface area contributed by atoms with Crippen LogP contribution in [-0.2, 0) is 4.79 Å². The zero-order valence-electron chi connectivity index (χ0n) is 8.40. The lowest BCUT2D eigenvalue weighted by atomic mass is 9.97. The van der Waals surface area contributed by atoms with Crippen LogP contribution in [0.2, 0.25) is 0 Å². The molecule has 1 heterocycles. The lowest BCUT2D eigenvalue weighted by Crippen LogP contribution is -2.32. The van der Waals surface area contributed by atoms with Crippen molar-refractivity contribution in [1.29, 1.82) is 0 Å². The molecule has 1 aromatic rings. The van der Waals surface area contributed by atoms with Gasteiger partial charge >= 0.3 is 5.97 Å². The van der Waals surface area contributed by atoms with Crippen molar-refractivity contribution in [2.24, 2.45) is 5.41 Å². The third-order valence-electron chi connectivity index (χ3n) is 2.46. The van der Waals surface area contributed by atoms with Crippen LogP contribution in [0.3, 0.4) is 0 Å². The van der Waals surface area contributed by atoms with Crippen LogP contribution in [0.5, 0.6) is 0 Å². The van der Waals surface area contributed by atoms with Crippen LogP contribution < -0.4 is 0 Å². The lowest BCUT2D eigenvalue weighted by molar-refractivity contribution is -0.145. The van der Waals surface area contributed by atoms with Crippen LogP contribution >= 0.6 is 23.5 Å². The van der Waals surface area contributed by atoms with Gasteiger partial charge in [-0.15, -0.1) is 23.5 Å². The third-order valence-corrected chi connectivity index (χ3v) is 5.48. The molecule has 1 aliphatic heterocycles. The normalized spacial score (nSPS) is 19.0. The molecule has 0 aliphatic carbocycles. The van der Waals surface area contributed by atoms with Crippen molar-refractivity contribution in [1.82, 2.24) is 0 Å². The smallest absolute Gasteiger partial charge is 0.311 e. The topological polar surface area (TPSA) is 37.3 Å². The second kappa shape index (κ2) is 4.10. The average Bonchev–Trinajstić information content (AvgIpc) is 2.40. The molecule has 1 aromatic carbocycles. The molecule has 2 nitrogen and oxygen atoms in total. The molecular weight excluding hydrogens is 228 g/mol. The summed E-state index contributed by atoms with van der Waals surface area (Å²) in [5.41, 5.74) is -0.617. The summed E-state index contributed by atoms with van der Waals surface area (Å²) in [6.45, 7) is 1.82. The summed E-state index contributed by atoms with van der Waals surface area (Å²) in [6, 6.07) is 8.10. The standard InChI is InChI=1S/C11H12O2S2/c1-11(10(12)13)6-14-8-4-2-3-5-9(8)15-7-11/h2-5H,6-7H2,1H3,(H,12,13). The highest BCUT2D eigenvalue weighted by atomic mass is 32.2. The summed E-state index contributed by atoms with van der Waals surface area (Å²) in [6.07, 6.45) is 0. The van der Waals surface area contributed by atoms with E-state index in [2.05, 4.69) is 12.1 Å². The highest BCUT2D eigenvalue weighted by Gasteiger charge is 2.35. The van der Waals surface area contributed by atoms with Gasteiger partial charge in [0.05, 0.1) is 5.41 Å². The summed E-state index contributed by atoms with van der Waals surface area (Å²) in [7, 11) is 0. The molecule has 0 fully saturated rings. The number of carbonyl (C=O) groups is 1. The van der Waals surface area contributed by atoms with E-state index in [9.17, 15) is 9.90 Å². The molecule has 0 unspecified atom stereocenters. The van der Waals surface area contributed by atoms with Crippen molar-refractivity contribution in [2.45, 2.75) is 16.7 Å². The number of aliphatic carboxylic acids is 1. The van der Waals surface area contributed by atoms with Gasteiger partial charge in [0.15, 0.2) is 0 Å². The predicted octanol–water partition coefficient (Wildman–Crippen LogP) is 2.98. The SMILES string of the molecule is CC1(C(=O)O)CSc2ccccc2SC1. The molecule has 0 saturated heterocycles. The second-order valence-corrected chi connectivity index (χ2v) is 5.92. The Hall–Kier alpha value is -0.610. The number of carboxylic acids is 1. The van der Waals surface area contributed by atoms with E-state index in [1.54, 1.807) is 23.5 Å².